The zero-order valence-corrected chi connectivity index (χ0v) is 15.6. The molecule has 1 aliphatic rings. The molecule has 1 atom stereocenters. The van der Waals surface area contributed by atoms with Crippen LogP contribution in [0.1, 0.15) is 26.3 Å². The van der Waals surface area contributed by atoms with Crippen molar-refractivity contribution in [3.05, 3.63) is 89.5 Å². The third kappa shape index (κ3) is 3.58. The molecule has 0 aliphatic carbocycles. The molecule has 29 heavy (non-hydrogen) atoms. The highest BCUT2D eigenvalue weighted by Gasteiger charge is 2.48. The summed E-state index contributed by atoms with van der Waals surface area (Å²) < 4.78 is 16.3. The molecule has 1 N–H and O–H groups in total. The second-order valence-corrected chi connectivity index (χ2v) is 6.63. The lowest BCUT2D eigenvalue weighted by Gasteiger charge is -2.20. The number of esters is 1. The van der Waals surface area contributed by atoms with Crippen molar-refractivity contribution in [2.75, 3.05) is 7.11 Å². The van der Waals surface area contributed by atoms with E-state index in [1.54, 1.807) is 42.5 Å². The molecule has 6 heteroatoms. The molecule has 1 heterocycles. The molecular weight excluding hydrogens is 372 g/mol. The van der Waals surface area contributed by atoms with Crippen LogP contribution < -0.4 is 14.2 Å². The molecule has 1 unspecified atom stereocenters. The van der Waals surface area contributed by atoms with Gasteiger partial charge in [-0.15, -0.1) is 0 Å². The Balaban J connectivity index is 1.64. The van der Waals surface area contributed by atoms with E-state index in [4.69, 9.17) is 14.2 Å². The molecule has 6 nitrogen and oxygen atoms in total. The Morgan fingerprint density at radius 3 is 2.34 bits per heavy atom. The smallest absolute Gasteiger partial charge is 0.343 e. The van der Waals surface area contributed by atoms with Crippen LogP contribution in [-0.2, 0) is 6.42 Å². The number of aliphatic hydroxyl groups is 1. The molecule has 146 valence electrons. The summed E-state index contributed by atoms with van der Waals surface area (Å²) in [6.45, 7) is 0. The number of hydrogen-bond acceptors (Lipinski definition) is 6. The van der Waals surface area contributed by atoms with Gasteiger partial charge in [-0.05, 0) is 17.7 Å². The molecule has 0 fully saturated rings. The maximum absolute atomic E-state index is 12.9. The molecule has 0 spiro atoms. The van der Waals surface area contributed by atoms with Crippen LogP contribution >= 0.6 is 0 Å². The van der Waals surface area contributed by atoms with Crippen LogP contribution in [0.2, 0.25) is 0 Å². The van der Waals surface area contributed by atoms with E-state index in [0.29, 0.717) is 5.56 Å². The van der Waals surface area contributed by atoms with Crippen LogP contribution in [0.5, 0.6) is 17.2 Å². The summed E-state index contributed by atoms with van der Waals surface area (Å²) in [5.74, 6) is -2.81. The number of Topliss-reactive ketones (excluding diaryl/α,β-unsaturated/α-hetero) is 1. The van der Waals surface area contributed by atoms with Gasteiger partial charge in [-0.1, -0.05) is 48.5 Å². The molecular formula is C23H18O6. The van der Waals surface area contributed by atoms with E-state index in [0.717, 1.165) is 5.56 Å². The zero-order valence-electron chi connectivity index (χ0n) is 15.6. The third-order valence-corrected chi connectivity index (χ3v) is 4.63. The van der Waals surface area contributed by atoms with Crippen molar-refractivity contribution in [3.8, 4) is 17.2 Å². The quantitative estimate of drug-likeness (QED) is 0.531. The van der Waals surface area contributed by atoms with Gasteiger partial charge in [0.2, 0.25) is 5.78 Å². The first-order valence-corrected chi connectivity index (χ1v) is 8.99. The van der Waals surface area contributed by atoms with Crippen molar-refractivity contribution in [2.24, 2.45) is 0 Å². The number of ether oxygens (including phenoxy) is 3. The van der Waals surface area contributed by atoms with Gasteiger partial charge in [0.25, 0.3) is 5.79 Å². The van der Waals surface area contributed by atoms with Gasteiger partial charge in [-0.2, -0.15) is 0 Å². The molecule has 0 amide bonds. The minimum Gasteiger partial charge on any atom is -0.496 e. The molecule has 1 aliphatic heterocycles. The largest absolute Gasteiger partial charge is 0.496 e. The molecule has 4 rings (SSSR count). The lowest BCUT2D eigenvalue weighted by molar-refractivity contribution is -0.0888. The van der Waals surface area contributed by atoms with Gasteiger partial charge < -0.3 is 19.3 Å². The summed E-state index contributed by atoms with van der Waals surface area (Å²) in [5, 5.41) is 10.9. The molecule has 0 saturated carbocycles. The number of methoxy groups -OCH3 is 1. The highest BCUT2D eigenvalue weighted by Crippen LogP contribution is 2.43. The van der Waals surface area contributed by atoms with Crippen molar-refractivity contribution in [1.82, 2.24) is 0 Å². The van der Waals surface area contributed by atoms with Crippen LogP contribution in [0.25, 0.3) is 0 Å². The average molecular weight is 390 g/mol. The van der Waals surface area contributed by atoms with Gasteiger partial charge in [0.15, 0.2) is 0 Å². The van der Waals surface area contributed by atoms with E-state index >= 15 is 0 Å². The van der Waals surface area contributed by atoms with E-state index in [1.807, 2.05) is 18.2 Å². The van der Waals surface area contributed by atoms with Crippen LogP contribution in [0.15, 0.2) is 72.8 Å². The monoisotopic (exact) mass is 390 g/mol. The highest BCUT2D eigenvalue weighted by atomic mass is 16.6. The van der Waals surface area contributed by atoms with Gasteiger partial charge in [-0.3, -0.25) is 4.79 Å². The minimum absolute atomic E-state index is 0.0242. The first-order chi connectivity index (χ1) is 14.0. The van der Waals surface area contributed by atoms with Gasteiger partial charge in [0.1, 0.15) is 22.8 Å². The predicted octanol–water partition coefficient (Wildman–Crippen LogP) is 3.42. The number of hydrogen-bond donors (Lipinski definition) is 1. The fourth-order valence-electron chi connectivity index (χ4n) is 3.24. The normalized spacial score (nSPS) is 17.4. The average Bonchev–Trinajstić information content (AvgIpc) is 2.98. The second kappa shape index (κ2) is 7.41. The van der Waals surface area contributed by atoms with Gasteiger partial charge in [-0.25, -0.2) is 4.79 Å². The maximum atomic E-state index is 12.9. The molecule has 0 aromatic heterocycles. The fraction of sp³-hybridized carbons (Fsp3) is 0.130. The van der Waals surface area contributed by atoms with Gasteiger partial charge in [0.05, 0.1) is 12.7 Å². The third-order valence-electron chi connectivity index (χ3n) is 4.63. The molecule has 3 aromatic carbocycles. The molecule has 0 saturated heterocycles. The summed E-state index contributed by atoms with van der Waals surface area (Å²) in [4.78, 5) is 25.2. The number of ketones is 1. The highest BCUT2D eigenvalue weighted by molar-refractivity contribution is 6.09. The van der Waals surface area contributed by atoms with E-state index in [2.05, 4.69) is 0 Å². The molecule has 0 radical (unpaired) electrons. The Morgan fingerprint density at radius 1 is 1.03 bits per heavy atom. The number of carbonyl (C=O) groups is 2. The summed E-state index contributed by atoms with van der Waals surface area (Å²) >= 11 is 0. The van der Waals surface area contributed by atoms with Crippen LogP contribution in [0.3, 0.4) is 0 Å². The lowest BCUT2D eigenvalue weighted by Crippen LogP contribution is -2.42. The lowest BCUT2D eigenvalue weighted by atomic mass is 9.98. The van der Waals surface area contributed by atoms with Crippen molar-refractivity contribution in [2.45, 2.75) is 12.2 Å². The van der Waals surface area contributed by atoms with E-state index in [1.165, 1.54) is 19.2 Å². The van der Waals surface area contributed by atoms with E-state index in [-0.39, 0.29) is 29.2 Å². The standard InChI is InChI=1S/C23H18O6/c1-27-18-12-17(28-22(25)16-10-6-3-7-11-16)13-19-20(18)21(24)23(26,29-19)14-15-8-4-2-5-9-15/h2-13,26H,14H2,1H3. The molecule has 3 aromatic rings. The number of fused-ring (bicyclic) bond motifs is 1. The fourth-order valence-corrected chi connectivity index (χ4v) is 3.24. The Kier molecular flexibility index (Phi) is 4.78. The topological polar surface area (TPSA) is 82.1 Å². The van der Waals surface area contributed by atoms with Crippen LogP contribution in [-0.4, -0.2) is 29.8 Å². The van der Waals surface area contributed by atoms with Crippen molar-refractivity contribution in [1.29, 1.82) is 0 Å². The maximum Gasteiger partial charge on any atom is 0.343 e. The first kappa shape index (κ1) is 18.7. The minimum atomic E-state index is -2.06. The first-order valence-electron chi connectivity index (χ1n) is 8.99. The summed E-state index contributed by atoms with van der Waals surface area (Å²) in [7, 11) is 1.39. The Labute approximate surface area is 167 Å². The second-order valence-electron chi connectivity index (χ2n) is 6.63. The van der Waals surface area contributed by atoms with Crippen LogP contribution in [0.4, 0.5) is 0 Å². The van der Waals surface area contributed by atoms with E-state index in [9.17, 15) is 14.7 Å². The van der Waals surface area contributed by atoms with Gasteiger partial charge in [0, 0.05) is 18.6 Å². The van der Waals surface area contributed by atoms with Crippen molar-refractivity contribution >= 4 is 11.8 Å². The summed E-state index contributed by atoms with van der Waals surface area (Å²) in [6.07, 6.45) is -0.0242. The van der Waals surface area contributed by atoms with E-state index < -0.39 is 17.5 Å². The number of rotatable bonds is 5. The number of carbonyl (C=O) groups excluding carboxylic acids is 2. The van der Waals surface area contributed by atoms with Gasteiger partial charge >= 0.3 is 5.97 Å². The van der Waals surface area contributed by atoms with Crippen molar-refractivity contribution < 1.29 is 28.9 Å². The number of benzene rings is 3. The van der Waals surface area contributed by atoms with Crippen LogP contribution in [0, 0.1) is 0 Å². The summed E-state index contributed by atoms with van der Waals surface area (Å²) in [5.41, 5.74) is 1.24. The Bertz CT molecular complexity index is 1060. The Morgan fingerprint density at radius 2 is 1.69 bits per heavy atom. The SMILES string of the molecule is COc1cc(OC(=O)c2ccccc2)cc2c1C(=O)C(O)(Cc1ccccc1)O2. The summed E-state index contributed by atoms with van der Waals surface area (Å²) in [6, 6.07) is 20.4. The zero-order chi connectivity index (χ0) is 20.4. The Hall–Kier alpha value is -3.64. The van der Waals surface area contributed by atoms with Crippen molar-refractivity contribution in [3.63, 3.8) is 0 Å². The predicted molar refractivity (Wildman–Crippen MR) is 104 cm³/mol. The molecule has 0 bridgehead atoms.